The Hall–Kier alpha value is -2.71. The van der Waals surface area contributed by atoms with Gasteiger partial charge in [-0.25, -0.2) is 22.9 Å². The van der Waals surface area contributed by atoms with Gasteiger partial charge in [0.05, 0.1) is 16.8 Å². The summed E-state index contributed by atoms with van der Waals surface area (Å²) >= 11 is 0. The molecule has 26 heavy (non-hydrogen) atoms. The number of H-pyrrole nitrogens is 2. The number of aryl methyl sites for hydroxylation is 1. The maximum absolute atomic E-state index is 13.4. The van der Waals surface area contributed by atoms with E-state index in [9.17, 15) is 12.8 Å². The number of hydrogen-bond acceptors (Lipinski definition) is 3. The molecule has 0 aliphatic heterocycles. The van der Waals surface area contributed by atoms with E-state index < -0.39 is 10.0 Å². The molecule has 4 aromatic rings. The summed E-state index contributed by atoms with van der Waals surface area (Å²) in [7, 11) is -3.46. The van der Waals surface area contributed by atoms with Crippen LogP contribution < -0.4 is 5.14 Å². The first kappa shape index (κ1) is 16.7. The van der Waals surface area contributed by atoms with Crippen LogP contribution in [0.3, 0.4) is 0 Å². The molecular weight excluding hydrogens is 355 g/mol. The minimum Gasteiger partial charge on any atom is -0.360 e. The van der Waals surface area contributed by atoms with Gasteiger partial charge >= 0.3 is 0 Å². The maximum Gasteiger partial charge on any atom is 0.209 e. The van der Waals surface area contributed by atoms with E-state index in [1.54, 1.807) is 6.07 Å². The van der Waals surface area contributed by atoms with Gasteiger partial charge in [-0.3, -0.25) is 0 Å². The largest absolute Gasteiger partial charge is 0.360 e. The highest BCUT2D eigenvalue weighted by molar-refractivity contribution is 7.89. The molecule has 0 saturated carbocycles. The van der Waals surface area contributed by atoms with E-state index >= 15 is 0 Å². The molecule has 0 saturated heterocycles. The van der Waals surface area contributed by atoms with E-state index in [1.165, 1.54) is 12.1 Å². The fourth-order valence-electron chi connectivity index (χ4n) is 3.13. The van der Waals surface area contributed by atoms with Crippen molar-refractivity contribution in [2.75, 3.05) is 5.75 Å². The second-order valence-electron chi connectivity index (χ2n) is 6.28. The molecule has 0 unspecified atom stereocenters. The summed E-state index contributed by atoms with van der Waals surface area (Å²) in [6.07, 6.45) is 2.78. The second-order valence-corrected chi connectivity index (χ2v) is 8.01. The van der Waals surface area contributed by atoms with Gasteiger partial charge in [0, 0.05) is 29.1 Å². The molecule has 8 heteroatoms. The van der Waals surface area contributed by atoms with Gasteiger partial charge in [0.1, 0.15) is 11.6 Å². The van der Waals surface area contributed by atoms with Crippen LogP contribution in [-0.4, -0.2) is 29.1 Å². The molecule has 0 spiro atoms. The highest BCUT2D eigenvalue weighted by atomic mass is 32.2. The number of rotatable bonds is 5. The summed E-state index contributed by atoms with van der Waals surface area (Å²) < 4.78 is 35.4. The zero-order valence-corrected chi connectivity index (χ0v) is 14.6. The van der Waals surface area contributed by atoms with Gasteiger partial charge in [-0.1, -0.05) is 6.07 Å². The fourth-order valence-corrected chi connectivity index (χ4v) is 3.67. The summed E-state index contributed by atoms with van der Waals surface area (Å²) in [5.74, 6) is 0.377. The van der Waals surface area contributed by atoms with Crippen molar-refractivity contribution in [2.24, 2.45) is 5.14 Å². The Bertz CT molecular complexity index is 1210. The smallest absolute Gasteiger partial charge is 0.209 e. The molecule has 0 bridgehead atoms. The number of hydrogen-bond donors (Lipinski definition) is 3. The third-order valence-corrected chi connectivity index (χ3v) is 5.19. The highest BCUT2D eigenvalue weighted by Gasteiger charge is 2.10. The number of primary sulfonamides is 1. The SMILES string of the molecule is NS(=O)(=O)CCCc1nc2ccc(-c3c[nH]c4cc(F)ccc34)cc2[nH]1. The van der Waals surface area contributed by atoms with Crippen LogP contribution in [0, 0.1) is 5.82 Å². The van der Waals surface area contributed by atoms with Crippen LogP contribution in [0.15, 0.2) is 42.6 Å². The maximum atomic E-state index is 13.4. The predicted octanol–water partition coefficient (Wildman–Crippen LogP) is 3.07. The summed E-state index contributed by atoms with van der Waals surface area (Å²) in [4.78, 5) is 10.8. The first-order valence-electron chi connectivity index (χ1n) is 8.15. The summed E-state index contributed by atoms with van der Waals surface area (Å²) in [5, 5.41) is 5.96. The van der Waals surface area contributed by atoms with Gasteiger partial charge in [-0.2, -0.15) is 0 Å². The van der Waals surface area contributed by atoms with Crippen molar-refractivity contribution in [3.8, 4) is 11.1 Å². The van der Waals surface area contributed by atoms with E-state index in [4.69, 9.17) is 5.14 Å². The number of sulfonamides is 1. The van der Waals surface area contributed by atoms with Gasteiger partial charge in [-0.15, -0.1) is 0 Å². The van der Waals surface area contributed by atoms with E-state index in [1.807, 2.05) is 24.4 Å². The van der Waals surface area contributed by atoms with Crippen molar-refractivity contribution in [1.29, 1.82) is 0 Å². The molecule has 0 aliphatic carbocycles. The molecule has 0 radical (unpaired) electrons. The monoisotopic (exact) mass is 372 g/mol. The normalized spacial score (nSPS) is 12.2. The van der Waals surface area contributed by atoms with E-state index in [2.05, 4.69) is 15.0 Å². The molecule has 0 atom stereocenters. The lowest BCUT2D eigenvalue weighted by Gasteiger charge is -2.00. The second kappa shape index (κ2) is 6.22. The van der Waals surface area contributed by atoms with Crippen molar-refractivity contribution in [1.82, 2.24) is 15.0 Å². The minimum atomic E-state index is -3.46. The van der Waals surface area contributed by atoms with Gasteiger partial charge in [0.2, 0.25) is 10.0 Å². The van der Waals surface area contributed by atoms with E-state index in [0.717, 1.165) is 38.9 Å². The summed E-state index contributed by atoms with van der Waals surface area (Å²) in [6, 6.07) is 10.5. The fraction of sp³-hybridized carbons (Fsp3) is 0.167. The molecule has 0 fully saturated rings. The number of aromatic nitrogens is 3. The number of halogens is 1. The Morgan fingerprint density at radius 2 is 1.96 bits per heavy atom. The number of nitrogens with zero attached hydrogens (tertiary/aromatic N) is 1. The van der Waals surface area contributed by atoms with Crippen LogP contribution in [0.2, 0.25) is 0 Å². The first-order chi connectivity index (χ1) is 12.4. The molecule has 4 rings (SSSR count). The van der Waals surface area contributed by atoms with E-state index in [-0.39, 0.29) is 11.6 Å². The van der Waals surface area contributed by atoms with Crippen LogP contribution >= 0.6 is 0 Å². The third kappa shape index (κ3) is 3.33. The standard InChI is InChI=1S/C18H17FN4O2S/c19-12-4-5-13-14(10-21-16(13)9-12)11-3-6-15-17(8-11)23-18(22-15)2-1-7-26(20,24)25/h3-6,8-10,21H,1-2,7H2,(H,22,23)(H2,20,24,25). The zero-order valence-electron chi connectivity index (χ0n) is 13.8. The zero-order chi connectivity index (χ0) is 18.3. The van der Waals surface area contributed by atoms with Crippen molar-refractivity contribution in [3.63, 3.8) is 0 Å². The Morgan fingerprint density at radius 3 is 2.77 bits per heavy atom. The molecule has 2 heterocycles. The van der Waals surface area contributed by atoms with Crippen molar-refractivity contribution < 1.29 is 12.8 Å². The number of imidazole rings is 1. The van der Waals surface area contributed by atoms with Crippen LogP contribution in [0.25, 0.3) is 33.1 Å². The molecule has 4 N–H and O–H groups in total. The average Bonchev–Trinajstić information content (AvgIpc) is 3.15. The van der Waals surface area contributed by atoms with Crippen molar-refractivity contribution in [2.45, 2.75) is 12.8 Å². The molecule has 0 amide bonds. The Morgan fingerprint density at radius 1 is 1.12 bits per heavy atom. The number of aromatic amines is 2. The summed E-state index contributed by atoms with van der Waals surface area (Å²) in [5.41, 5.74) is 4.38. The Labute approximate surface area is 149 Å². The molecule has 2 aromatic heterocycles. The van der Waals surface area contributed by atoms with Gasteiger partial charge < -0.3 is 9.97 Å². The molecule has 6 nitrogen and oxygen atoms in total. The van der Waals surface area contributed by atoms with Crippen molar-refractivity contribution >= 4 is 32.0 Å². The summed E-state index contributed by atoms with van der Waals surface area (Å²) in [6.45, 7) is 0. The lowest BCUT2D eigenvalue weighted by atomic mass is 10.0. The van der Waals surface area contributed by atoms with Crippen LogP contribution in [0.4, 0.5) is 4.39 Å². The molecule has 134 valence electrons. The van der Waals surface area contributed by atoms with Gasteiger partial charge in [-0.05, 0) is 42.3 Å². The molecule has 0 aliphatic rings. The lowest BCUT2D eigenvalue weighted by Crippen LogP contribution is -2.16. The van der Waals surface area contributed by atoms with Crippen molar-refractivity contribution in [3.05, 3.63) is 54.2 Å². The molecular formula is C18H17FN4O2S. The van der Waals surface area contributed by atoms with Crippen LogP contribution in [0.1, 0.15) is 12.2 Å². The third-order valence-electron chi connectivity index (χ3n) is 4.33. The van der Waals surface area contributed by atoms with Crippen LogP contribution in [0.5, 0.6) is 0 Å². The quantitative estimate of drug-likeness (QED) is 0.501. The van der Waals surface area contributed by atoms with Crippen LogP contribution in [-0.2, 0) is 16.4 Å². The van der Waals surface area contributed by atoms with Gasteiger partial charge in [0.25, 0.3) is 0 Å². The van der Waals surface area contributed by atoms with E-state index in [0.29, 0.717) is 12.8 Å². The molecule has 2 aromatic carbocycles. The predicted molar refractivity (Wildman–Crippen MR) is 99.6 cm³/mol. The number of nitrogens with two attached hydrogens (primary N) is 1. The number of fused-ring (bicyclic) bond motifs is 2. The number of benzene rings is 2. The lowest BCUT2D eigenvalue weighted by molar-refractivity contribution is 0.594. The highest BCUT2D eigenvalue weighted by Crippen LogP contribution is 2.30. The minimum absolute atomic E-state index is 0.0683. The Balaban J connectivity index is 1.64. The average molecular weight is 372 g/mol. The first-order valence-corrected chi connectivity index (χ1v) is 9.87. The van der Waals surface area contributed by atoms with Gasteiger partial charge in [0.15, 0.2) is 0 Å². The number of nitrogens with one attached hydrogen (secondary N) is 2. The topological polar surface area (TPSA) is 105 Å². The Kier molecular flexibility index (Phi) is 4.01.